The van der Waals surface area contributed by atoms with Gasteiger partial charge < -0.3 is 9.52 Å². The van der Waals surface area contributed by atoms with Crippen molar-refractivity contribution in [3.63, 3.8) is 0 Å². The third-order valence-corrected chi connectivity index (χ3v) is 4.83. The molecule has 1 aliphatic heterocycles. The van der Waals surface area contributed by atoms with Crippen molar-refractivity contribution in [2.24, 2.45) is 0 Å². The van der Waals surface area contributed by atoms with Crippen LogP contribution < -0.4 is 0 Å². The Morgan fingerprint density at radius 2 is 1.95 bits per heavy atom. The summed E-state index contributed by atoms with van der Waals surface area (Å²) < 4.78 is 5.57. The zero-order chi connectivity index (χ0) is 14.8. The number of hydrogen-bond donors (Lipinski definition) is 1. The average Bonchev–Trinajstić information content (AvgIpc) is 3.09. The van der Waals surface area contributed by atoms with Crippen LogP contribution in [-0.4, -0.2) is 53.1 Å². The summed E-state index contributed by atoms with van der Waals surface area (Å²) in [7, 11) is 0. The number of carbonyl (C=O) groups is 1. The molecular weight excluding hydrogens is 268 g/mol. The largest absolute Gasteiger partial charge is 0.478 e. The second-order valence-corrected chi connectivity index (χ2v) is 6.24. The summed E-state index contributed by atoms with van der Waals surface area (Å²) in [6, 6.07) is 2.47. The molecule has 1 N–H and O–H groups in total. The number of carboxylic acid groups (broad SMARTS) is 1. The van der Waals surface area contributed by atoms with Crippen LogP contribution in [0.5, 0.6) is 0 Å². The van der Waals surface area contributed by atoms with Gasteiger partial charge in [-0.1, -0.05) is 12.8 Å². The van der Waals surface area contributed by atoms with Gasteiger partial charge in [-0.05, 0) is 25.8 Å². The van der Waals surface area contributed by atoms with E-state index >= 15 is 0 Å². The monoisotopic (exact) mass is 292 g/mol. The molecule has 1 aliphatic carbocycles. The lowest BCUT2D eigenvalue weighted by molar-refractivity contribution is 0.0695. The molecule has 0 spiro atoms. The molecule has 2 fully saturated rings. The number of aryl methyl sites for hydroxylation is 1. The van der Waals surface area contributed by atoms with E-state index in [1.807, 2.05) is 0 Å². The molecule has 2 aliphatic rings. The molecule has 1 aromatic heterocycles. The highest BCUT2D eigenvalue weighted by molar-refractivity contribution is 5.88. The number of nitrogens with zero attached hydrogens (tertiary/aromatic N) is 2. The highest BCUT2D eigenvalue weighted by Crippen LogP contribution is 2.25. The van der Waals surface area contributed by atoms with Crippen molar-refractivity contribution in [3.8, 4) is 0 Å². The summed E-state index contributed by atoms with van der Waals surface area (Å²) in [6.07, 6.45) is 5.49. The molecule has 21 heavy (non-hydrogen) atoms. The van der Waals surface area contributed by atoms with Gasteiger partial charge in [0.25, 0.3) is 0 Å². The molecule has 5 nitrogen and oxygen atoms in total. The van der Waals surface area contributed by atoms with E-state index in [4.69, 9.17) is 9.52 Å². The van der Waals surface area contributed by atoms with Crippen LogP contribution in [-0.2, 0) is 6.54 Å². The van der Waals surface area contributed by atoms with E-state index < -0.39 is 5.97 Å². The van der Waals surface area contributed by atoms with Gasteiger partial charge in [0.1, 0.15) is 17.1 Å². The summed E-state index contributed by atoms with van der Waals surface area (Å²) in [5.41, 5.74) is 0.287. The molecule has 2 heterocycles. The van der Waals surface area contributed by atoms with Crippen LogP contribution in [0.4, 0.5) is 0 Å². The third kappa shape index (κ3) is 3.30. The number of aromatic carboxylic acids is 1. The first-order chi connectivity index (χ1) is 10.1. The molecule has 5 heteroatoms. The SMILES string of the molecule is Cc1oc(CN2CCN(C3CCCC3)CC2)cc1C(=O)O. The fraction of sp³-hybridized carbons (Fsp3) is 0.688. The van der Waals surface area contributed by atoms with Crippen molar-refractivity contribution in [1.82, 2.24) is 9.80 Å². The average molecular weight is 292 g/mol. The zero-order valence-electron chi connectivity index (χ0n) is 12.7. The molecule has 0 aromatic carbocycles. The Hall–Kier alpha value is -1.33. The van der Waals surface area contributed by atoms with E-state index in [0.29, 0.717) is 12.3 Å². The maximum Gasteiger partial charge on any atom is 0.339 e. The topological polar surface area (TPSA) is 56.9 Å². The number of furan rings is 1. The van der Waals surface area contributed by atoms with Gasteiger partial charge in [-0.15, -0.1) is 0 Å². The number of piperazine rings is 1. The zero-order valence-corrected chi connectivity index (χ0v) is 12.7. The van der Waals surface area contributed by atoms with Crippen LogP contribution in [0.1, 0.15) is 47.6 Å². The van der Waals surface area contributed by atoms with Crippen molar-refractivity contribution in [2.75, 3.05) is 26.2 Å². The van der Waals surface area contributed by atoms with Gasteiger partial charge >= 0.3 is 5.97 Å². The predicted octanol–water partition coefficient (Wildman–Crippen LogP) is 2.35. The van der Waals surface area contributed by atoms with E-state index in [-0.39, 0.29) is 5.56 Å². The van der Waals surface area contributed by atoms with Crippen molar-refractivity contribution in [1.29, 1.82) is 0 Å². The van der Waals surface area contributed by atoms with Crippen LogP contribution in [0.15, 0.2) is 10.5 Å². The Morgan fingerprint density at radius 3 is 2.52 bits per heavy atom. The molecule has 116 valence electrons. The molecule has 1 saturated carbocycles. The third-order valence-electron chi connectivity index (χ3n) is 4.83. The Labute approximate surface area is 125 Å². The molecular formula is C16H24N2O3. The van der Waals surface area contributed by atoms with Crippen molar-refractivity contribution >= 4 is 5.97 Å². The Morgan fingerprint density at radius 1 is 1.29 bits per heavy atom. The molecule has 0 atom stereocenters. The van der Waals surface area contributed by atoms with E-state index in [1.54, 1.807) is 13.0 Å². The molecule has 3 rings (SSSR count). The van der Waals surface area contributed by atoms with Crippen molar-refractivity contribution < 1.29 is 14.3 Å². The minimum atomic E-state index is -0.909. The van der Waals surface area contributed by atoms with Crippen molar-refractivity contribution in [2.45, 2.75) is 45.2 Å². The summed E-state index contributed by atoms with van der Waals surface area (Å²) in [5, 5.41) is 9.06. The molecule has 0 radical (unpaired) electrons. The molecule has 0 amide bonds. The van der Waals surface area contributed by atoms with Gasteiger partial charge in [0, 0.05) is 32.2 Å². The van der Waals surface area contributed by atoms with Gasteiger partial charge in [-0.2, -0.15) is 0 Å². The Balaban J connectivity index is 1.53. The van der Waals surface area contributed by atoms with Crippen LogP contribution in [0, 0.1) is 6.92 Å². The van der Waals surface area contributed by atoms with Gasteiger partial charge in [0.05, 0.1) is 6.54 Å². The predicted molar refractivity (Wildman–Crippen MR) is 79.5 cm³/mol. The normalized spacial score (nSPS) is 22.0. The minimum absolute atomic E-state index is 0.287. The van der Waals surface area contributed by atoms with E-state index in [9.17, 15) is 4.79 Å². The quantitative estimate of drug-likeness (QED) is 0.923. The standard InChI is InChI=1S/C16H24N2O3/c1-12-15(16(19)20)10-14(21-12)11-17-6-8-18(9-7-17)13-4-2-3-5-13/h10,13H,2-9,11H2,1H3,(H,19,20). The fourth-order valence-corrected chi connectivity index (χ4v) is 3.61. The first-order valence-electron chi connectivity index (χ1n) is 7.92. The van der Waals surface area contributed by atoms with E-state index in [1.165, 1.54) is 25.7 Å². The summed E-state index contributed by atoms with van der Waals surface area (Å²) in [4.78, 5) is 16.0. The van der Waals surface area contributed by atoms with Gasteiger partial charge in [0.15, 0.2) is 0 Å². The summed E-state index contributed by atoms with van der Waals surface area (Å²) in [5.74, 6) is 0.356. The van der Waals surface area contributed by atoms with Gasteiger partial charge in [-0.25, -0.2) is 4.79 Å². The molecule has 1 aromatic rings. The van der Waals surface area contributed by atoms with E-state index in [0.717, 1.165) is 38.0 Å². The first kappa shape index (κ1) is 14.6. The highest BCUT2D eigenvalue weighted by Gasteiger charge is 2.26. The van der Waals surface area contributed by atoms with Crippen LogP contribution in [0.3, 0.4) is 0 Å². The lowest BCUT2D eigenvalue weighted by atomic mass is 10.2. The summed E-state index contributed by atoms with van der Waals surface area (Å²) >= 11 is 0. The highest BCUT2D eigenvalue weighted by atomic mass is 16.4. The molecule has 0 bridgehead atoms. The molecule has 1 saturated heterocycles. The number of hydrogen-bond acceptors (Lipinski definition) is 4. The maximum atomic E-state index is 11.0. The maximum absolute atomic E-state index is 11.0. The minimum Gasteiger partial charge on any atom is -0.478 e. The Kier molecular flexibility index (Phi) is 4.31. The van der Waals surface area contributed by atoms with Crippen molar-refractivity contribution in [3.05, 3.63) is 23.2 Å². The van der Waals surface area contributed by atoms with Crippen LogP contribution in [0.2, 0.25) is 0 Å². The molecule has 0 unspecified atom stereocenters. The fourth-order valence-electron chi connectivity index (χ4n) is 3.61. The van der Waals surface area contributed by atoms with Gasteiger partial charge in [0.2, 0.25) is 0 Å². The Bertz CT molecular complexity index is 498. The second-order valence-electron chi connectivity index (χ2n) is 6.24. The lowest BCUT2D eigenvalue weighted by Gasteiger charge is -2.37. The van der Waals surface area contributed by atoms with E-state index in [2.05, 4.69) is 9.80 Å². The second kappa shape index (κ2) is 6.20. The van der Waals surface area contributed by atoms with Crippen LogP contribution >= 0.6 is 0 Å². The first-order valence-corrected chi connectivity index (χ1v) is 7.92. The smallest absolute Gasteiger partial charge is 0.339 e. The number of carboxylic acids is 1. The van der Waals surface area contributed by atoms with Gasteiger partial charge in [-0.3, -0.25) is 9.80 Å². The lowest BCUT2D eigenvalue weighted by Crippen LogP contribution is -2.49. The van der Waals surface area contributed by atoms with Crippen LogP contribution in [0.25, 0.3) is 0 Å². The number of rotatable bonds is 4. The summed E-state index contributed by atoms with van der Waals surface area (Å²) in [6.45, 7) is 6.75.